The largest absolute Gasteiger partial charge is 0.417 e. The van der Waals surface area contributed by atoms with Gasteiger partial charge in [-0.05, 0) is 46.0 Å². The van der Waals surface area contributed by atoms with Gasteiger partial charge in [0.15, 0.2) is 11.5 Å². The van der Waals surface area contributed by atoms with Gasteiger partial charge in [-0.1, -0.05) is 16.8 Å². The first-order chi connectivity index (χ1) is 22.3. The van der Waals surface area contributed by atoms with Crippen LogP contribution in [0.1, 0.15) is 46.7 Å². The second kappa shape index (κ2) is 14.5. The Morgan fingerprint density at radius 3 is 2.45 bits per heavy atom. The van der Waals surface area contributed by atoms with Gasteiger partial charge in [0.25, 0.3) is 11.8 Å². The molecule has 0 spiro atoms. The number of halogens is 5. The second-order valence-corrected chi connectivity index (χ2v) is 12.1. The molecule has 1 aromatic carbocycles. The minimum atomic E-state index is -4.89. The maximum Gasteiger partial charge on any atom is 0.417 e. The average molecular weight is 682 g/mol. The van der Waals surface area contributed by atoms with E-state index in [9.17, 15) is 22.8 Å². The molecule has 2 aliphatic heterocycles. The fourth-order valence-electron chi connectivity index (χ4n) is 5.63. The third kappa shape index (κ3) is 8.17. The smallest absolute Gasteiger partial charge is 0.379 e. The van der Waals surface area contributed by atoms with E-state index in [4.69, 9.17) is 16.3 Å². The molecule has 0 aliphatic carbocycles. The molecule has 4 heterocycles. The van der Waals surface area contributed by atoms with Crippen LogP contribution < -0.4 is 15.5 Å². The first-order valence-electron chi connectivity index (χ1n) is 15.2. The Bertz CT molecular complexity index is 1590. The minimum Gasteiger partial charge on any atom is -0.379 e. The van der Waals surface area contributed by atoms with E-state index < -0.39 is 40.1 Å². The highest BCUT2D eigenvalue weighted by Gasteiger charge is 2.36. The lowest BCUT2D eigenvalue weighted by molar-refractivity contribution is -0.138. The number of hydrogen-bond acceptors (Lipinski definition) is 9. The van der Waals surface area contributed by atoms with Crippen LogP contribution in [0.2, 0.25) is 5.15 Å². The zero-order valence-corrected chi connectivity index (χ0v) is 26.9. The van der Waals surface area contributed by atoms with Crippen molar-refractivity contribution in [3.63, 3.8) is 0 Å². The molecule has 0 unspecified atom stereocenters. The Balaban J connectivity index is 1.41. The van der Waals surface area contributed by atoms with Crippen LogP contribution in [0.4, 0.5) is 28.9 Å². The van der Waals surface area contributed by atoms with E-state index in [1.807, 2.05) is 25.8 Å². The topological polar surface area (TPSA) is 121 Å². The molecule has 2 N–H and O–H groups in total. The van der Waals surface area contributed by atoms with E-state index in [1.54, 1.807) is 0 Å². The predicted octanol–water partition coefficient (Wildman–Crippen LogP) is 3.71. The highest BCUT2D eigenvalue weighted by atomic mass is 35.5. The number of piperazine rings is 1. The molecule has 2 atom stereocenters. The summed E-state index contributed by atoms with van der Waals surface area (Å²) in [4.78, 5) is 36.0. The number of anilines is 2. The SMILES string of the molecule is C[C@@H]1CN(c2cc(F)c(-n3cc(C(=O)NCCCN4CCOCC4)nn3)cc2NC(=O)c2cnc(Cl)cc2C(F)(F)F)C[C@H](C)N1C. The summed E-state index contributed by atoms with van der Waals surface area (Å²) in [6.45, 7) is 9.11. The predicted molar refractivity (Wildman–Crippen MR) is 167 cm³/mol. The number of pyridine rings is 1. The molecule has 2 aromatic heterocycles. The van der Waals surface area contributed by atoms with Crippen molar-refractivity contribution in [2.24, 2.45) is 0 Å². The van der Waals surface area contributed by atoms with Crippen LogP contribution in [0.15, 0.2) is 30.6 Å². The summed E-state index contributed by atoms with van der Waals surface area (Å²) < 4.78 is 63.6. The highest BCUT2D eigenvalue weighted by molar-refractivity contribution is 6.29. The molecule has 0 saturated carbocycles. The standard InChI is InChI=1S/C30H36ClF4N9O3/c1-18-15-43(16-19(2)41(18)3)26-12-22(32)25(13-23(26)38-28(45)20-14-37-27(31)11-21(20)30(33,34)35)44-17-24(39-40-44)29(46)36-5-4-6-42-7-9-47-10-8-42/h11-14,17-19H,4-10,15-16H2,1-3H3,(H,36,46)(H,38,45)/t18-,19+. The van der Waals surface area contributed by atoms with Crippen LogP contribution in [0.25, 0.3) is 5.69 Å². The van der Waals surface area contributed by atoms with Crippen LogP contribution >= 0.6 is 11.6 Å². The number of alkyl halides is 3. The van der Waals surface area contributed by atoms with Crippen molar-refractivity contribution in [1.29, 1.82) is 0 Å². The Labute approximate surface area is 274 Å². The number of carbonyl (C=O) groups is 2. The number of ether oxygens (including phenoxy) is 1. The van der Waals surface area contributed by atoms with E-state index in [0.717, 1.165) is 30.5 Å². The third-order valence-corrected chi connectivity index (χ3v) is 8.65. The summed E-state index contributed by atoms with van der Waals surface area (Å²) in [6, 6.07) is 3.11. The van der Waals surface area contributed by atoms with Gasteiger partial charge in [-0.2, -0.15) is 13.2 Å². The third-order valence-electron chi connectivity index (χ3n) is 8.45. The molecule has 2 fully saturated rings. The average Bonchev–Trinajstić information content (AvgIpc) is 3.52. The summed E-state index contributed by atoms with van der Waals surface area (Å²) in [7, 11) is 1.97. The molecule has 2 aliphatic rings. The molecule has 17 heteroatoms. The summed E-state index contributed by atoms with van der Waals surface area (Å²) in [5, 5.41) is 12.7. The van der Waals surface area contributed by atoms with Crippen molar-refractivity contribution < 1.29 is 31.9 Å². The number of nitrogens with zero attached hydrogens (tertiary/aromatic N) is 7. The molecule has 5 rings (SSSR count). The van der Waals surface area contributed by atoms with Gasteiger partial charge in [-0.15, -0.1) is 5.10 Å². The molecule has 0 radical (unpaired) electrons. The maximum absolute atomic E-state index is 15.8. The molecule has 12 nitrogen and oxygen atoms in total. The monoisotopic (exact) mass is 681 g/mol. The van der Waals surface area contributed by atoms with E-state index >= 15 is 4.39 Å². The highest BCUT2D eigenvalue weighted by Crippen LogP contribution is 2.36. The maximum atomic E-state index is 15.8. The molecular formula is C30H36ClF4N9O3. The Kier molecular flexibility index (Phi) is 10.6. The summed E-state index contributed by atoms with van der Waals surface area (Å²) in [5.41, 5.74) is -1.97. The van der Waals surface area contributed by atoms with Gasteiger partial charge < -0.3 is 20.3 Å². The molecule has 0 bridgehead atoms. The number of likely N-dealkylation sites (N-methyl/N-ethyl adjacent to an activating group) is 1. The van der Waals surface area contributed by atoms with Crippen LogP contribution in [0, 0.1) is 5.82 Å². The zero-order chi connectivity index (χ0) is 33.9. The van der Waals surface area contributed by atoms with E-state index in [2.05, 4.69) is 35.7 Å². The Morgan fingerprint density at radius 1 is 1.06 bits per heavy atom. The summed E-state index contributed by atoms with van der Waals surface area (Å²) in [6.07, 6.45) is -2.19. The van der Waals surface area contributed by atoms with Gasteiger partial charge in [-0.3, -0.25) is 19.4 Å². The first kappa shape index (κ1) is 34.5. The Morgan fingerprint density at radius 2 is 1.77 bits per heavy atom. The lowest BCUT2D eigenvalue weighted by Gasteiger charge is -2.44. The number of hydrogen-bond donors (Lipinski definition) is 2. The summed E-state index contributed by atoms with van der Waals surface area (Å²) in [5.74, 6) is -2.37. The number of rotatable bonds is 9. The second-order valence-electron chi connectivity index (χ2n) is 11.7. The fourth-order valence-corrected chi connectivity index (χ4v) is 5.79. The number of benzene rings is 1. The van der Waals surface area contributed by atoms with Crippen LogP contribution in [-0.2, 0) is 10.9 Å². The van der Waals surface area contributed by atoms with Gasteiger partial charge in [0.05, 0.1) is 41.9 Å². The lowest BCUT2D eigenvalue weighted by Crippen LogP contribution is -2.55. The van der Waals surface area contributed by atoms with Crippen molar-refractivity contribution in [3.05, 3.63) is 58.4 Å². The van der Waals surface area contributed by atoms with E-state index in [-0.39, 0.29) is 34.8 Å². The number of carbonyl (C=O) groups excluding carboxylic acids is 2. The summed E-state index contributed by atoms with van der Waals surface area (Å²) >= 11 is 5.71. The van der Waals surface area contributed by atoms with E-state index in [0.29, 0.717) is 45.3 Å². The number of aromatic nitrogens is 4. The number of nitrogens with one attached hydrogen (secondary N) is 2. The van der Waals surface area contributed by atoms with Crippen LogP contribution in [0.5, 0.6) is 0 Å². The van der Waals surface area contributed by atoms with Crippen molar-refractivity contribution in [2.75, 3.05) is 69.7 Å². The van der Waals surface area contributed by atoms with E-state index in [1.165, 1.54) is 18.3 Å². The van der Waals surface area contributed by atoms with Gasteiger partial charge >= 0.3 is 6.18 Å². The molecule has 2 amide bonds. The van der Waals surface area contributed by atoms with Gasteiger partial charge in [0, 0.05) is 57.1 Å². The van der Waals surface area contributed by atoms with Crippen LogP contribution in [-0.4, -0.2) is 113 Å². The normalized spacial score (nSPS) is 19.5. The molecule has 2 saturated heterocycles. The Hall–Kier alpha value is -3.86. The number of morpholine rings is 1. The minimum absolute atomic E-state index is 0.0306. The van der Waals surface area contributed by atoms with Gasteiger partial charge in [0.2, 0.25) is 0 Å². The lowest BCUT2D eigenvalue weighted by atomic mass is 10.1. The zero-order valence-electron chi connectivity index (χ0n) is 26.2. The van der Waals surface area contributed by atoms with Gasteiger partial charge in [0.1, 0.15) is 10.8 Å². The fraction of sp³-hybridized carbons (Fsp3) is 0.500. The van der Waals surface area contributed by atoms with Crippen molar-refractivity contribution in [2.45, 2.75) is 38.5 Å². The molecule has 3 aromatic rings. The number of amides is 2. The molecular weight excluding hydrogens is 646 g/mol. The first-order valence-corrected chi connectivity index (χ1v) is 15.5. The quantitative estimate of drug-likeness (QED) is 0.198. The van der Waals surface area contributed by atoms with Crippen molar-refractivity contribution >= 4 is 34.8 Å². The van der Waals surface area contributed by atoms with Crippen molar-refractivity contribution in [1.82, 2.24) is 35.1 Å². The van der Waals surface area contributed by atoms with Crippen molar-refractivity contribution in [3.8, 4) is 5.69 Å². The molecule has 254 valence electrons. The van der Waals surface area contributed by atoms with Gasteiger partial charge in [-0.25, -0.2) is 14.1 Å². The van der Waals surface area contributed by atoms with Crippen LogP contribution in [0.3, 0.4) is 0 Å². The molecule has 47 heavy (non-hydrogen) atoms.